The number of hydrogen-bond donors (Lipinski definition) is 1. The van der Waals surface area contributed by atoms with Crippen molar-refractivity contribution in [1.82, 2.24) is 15.5 Å². The predicted molar refractivity (Wildman–Crippen MR) is 106 cm³/mol. The molecular weight excluding hydrogens is 354 g/mol. The molecule has 0 spiro atoms. The van der Waals surface area contributed by atoms with E-state index in [1.165, 1.54) is 5.56 Å². The van der Waals surface area contributed by atoms with Gasteiger partial charge in [-0.25, -0.2) is 0 Å². The Morgan fingerprint density at radius 1 is 1.00 bits per heavy atom. The Bertz CT molecular complexity index is 845. The Kier molecular flexibility index (Phi) is 6.32. The summed E-state index contributed by atoms with van der Waals surface area (Å²) in [6.45, 7) is 3.99. The molecule has 2 heterocycles. The second-order valence-electron chi connectivity index (χ2n) is 7.00. The van der Waals surface area contributed by atoms with Crippen molar-refractivity contribution in [2.75, 3.05) is 26.3 Å². The summed E-state index contributed by atoms with van der Waals surface area (Å²) in [7, 11) is 0. The first kappa shape index (κ1) is 18.7. The van der Waals surface area contributed by atoms with Crippen LogP contribution in [0.2, 0.25) is 0 Å². The zero-order chi connectivity index (χ0) is 19.0. The van der Waals surface area contributed by atoms with Crippen LogP contribution in [-0.4, -0.2) is 36.4 Å². The minimum atomic E-state index is 0.612. The third kappa shape index (κ3) is 5.18. The first-order valence-corrected chi connectivity index (χ1v) is 9.75. The van der Waals surface area contributed by atoms with Gasteiger partial charge < -0.3 is 19.3 Å². The number of aromatic nitrogens is 2. The number of rotatable bonds is 10. The zero-order valence-corrected chi connectivity index (χ0v) is 15.8. The van der Waals surface area contributed by atoms with Crippen LogP contribution >= 0.6 is 0 Å². The number of nitrogens with one attached hydrogen (secondary N) is 1. The van der Waals surface area contributed by atoms with Crippen molar-refractivity contribution in [3.8, 4) is 17.1 Å². The second kappa shape index (κ2) is 9.48. The Balaban J connectivity index is 1.17. The Labute approximate surface area is 164 Å². The topological polar surface area (TPSA) is 69.4 Å². The van der Waals surface area contributed by atoms with Gasteiger partial charge >= 0.3 is 0 Å². The molecule has 0 unspecified atom stereocenters. The van der Waals surface area contributed by atoms with Gasteiger partial charge in [0, 0.05) is 18.4 Å². The van der Waals surface area contributed by atoms with Crippen LogP contribution in [0.5, 0.6) is 5.75 Å². The van der Waals surface area contributed by atoms with Crippen molar-refractivity contribution >= 4 is 0 Å². The number of benzene rings is 2. The van der Waals surface area contributed by atoms with Gasteiger partial charge in [0.15, 0.2) is 0 Å². The van der Waals surface area contributed by atoms with Gasteiger partial charge in [0.25, 0.3) is 0 Å². The zero-order valence-electron chi connectivity index (χ0n) is 15.8. The van der Waals surface area contributed by atoms with Gasteiger partial charge in [-0.1, -0.05) is 35.5 Å². The van der Waals surface area contributed by atoms with Crippen LogP contribution < -0.4 is 10.1 Å². The Hall–Kier alpha value is -2.70. The molecule has 0 atom stereocenters. The standard InChI is InChI=1S/C22H25N3O3/c1-2-5-17(6-3-1)16-26-11-4-12-27-20-9-7-19(8-10-20)22-24-21(28-25-22)13-18-14-23-15-18/h1-3,5-10,18,23H,4,11-16H2. The molecule has 3 aromatic rings. The molecule has 0 bridgehead atoms. The number of ether oxygens (including phenoxy) is 2. The molecule has 2 aromatic carbocycles. The summed E-state index contributed by atoms with van der Waals surface area (Å²) in [5, 5.41) is 7.33. The molecule has 6 nitrogen and oxygen atoms in total. The summed E-state index contributed by atoms with van der Waals surface area (Å²) in [6.07, 6.45) is 1.69. The Morgan fingerprint density at radius 3 is 2.57 bits per heavy atom. The van der Waals surface area contributed by atoms with E-state index in [0.717, 1.165) is 37.2 Å². The number of hydrogen-bond acceptors (Lipinski definition) is 6. The number of nitrogens with zero attached hydrogens (tertiary/aromatic N) is 2. The molecule has 1 aliphatic rings. The fourth-order valence-corrected chi connectivity index (χ4v) is 3.01. The molecule has 4 rings (SSSR count). The molecule has 28 heavy (non-hydrogen) atoms. The molecule has 1 fully saturated rings. The average molecular weight is 379 g/mol. The van der Waals surface area contributed by atoms with E-state index in [4.69, 9.17) is 14.0 Å². The van der Waals surface area contributed by atoms with E-state index >= 15 is 0 Å². The van der Waals surface area contributed by atoms with Crippen LogP contribution in [0.15, 0.2) is 59.1 Å². The maximum atomic E-state index is 5.78. The molecule has 0 aliphatic carbocycles. The van der Waals surface area contributed by atoms with Gasteiger partial charge in [0.05, 0.1) is 19.8 Å². The fraction of sp³-hybridized carbons (Fsp3) is 0.364. The van der Waals surface area contributed by atoms with E-state index < -0.39 is 0 Å². The highest BCUT2D eigenvalue weighted by Gasteiger charge is 2.20. The lowest BCUT2D eigenvalue weighted by Gasteiger charge is -2.25. The first-order chi connectivity index (χ1) is 13.9. The normalized spacial score (nSPS) is 14.0. The van der Waals surface area contributed by atoms with Crippen molar-refractivity contribution in [1.29, 1.82) is 0 Å². The monoisotopic (exact) mass is 379 g/mol. The van der Waals surface area contributed by atoms with Gasteiger partial charge in [-0.15, -0.1) is 0 Å². The van der Waals surface area contributed by atoms with Crippen LogP contribution in [0.25, 0.3) is 11.4 Å². The largest absolute Gasteiger partial charge is 0.494 e. The van der Waals surface area contributed by atoms with E-state index in [2.05, 4.69) is 27.6 Å². The molecule has 0 amide bonds. The second-order valence-corrected chi connectivity index (χ2v) is 7.00. The summed E-state index contributed by atoms with van der Waals surface area (Å²) in [5.41, 5.74) is 2.12. The van der Waals surface area contributed by atoms with E-state index in [9.17, 15) is 0 Å². The lowest BCUT2D eigenvalue weighted by Crippen LogP contribution is -2.43. The van der Waals surface area contributed by atoms with Crippen molar-refractivity contribution in [2.45, 2.75) is 19.4 Å². The van der Waals surface area contributed by atoms with E-state index in [1.807, 2.05) is 42.5 Å². The van der Waals surface area contributed by atoms with Crippen LogP contribution in [-0.2, 0) is 17.8 Å². The quantitative estimate of drug-likeness (QED) is 0.544. The SMILES string of the molecule is c1ccc(COCCCOc2ccc(-c3noc(CC4CNC4)n3)cc2)cc1. The van der Waals surface area contributed by atoms with E-state index in [-0.39, 0.29) is 0 Å². The van der Waals surface area contributed by atoms with Crippen LogP contribution in [0.4, 0.5) is 0 Å². The summed E-state index contributed by atoms with van der Waals surface area (Å²) < 4.78 is 16.8. The maximum absolute atomic E-state index is 5.78. The summed E-state index contributed by atoms with van der Waals surface area (Å²) in [4.78, 5) is 4.49. The van der Waals surface area contributed by atoms with Crippen molar-refractivity contribution in [2.24, 2.45) is 5.92 Å². The molecule has 0 radical (unpaired) electrons. The molecule has 146 valence electrons. The fourth-order valence-electron chi connectivity index (χ4n) is 3.01. The lowest BCUT2D eigenvalue weighted by molar-refractivity contribution is 0.107. The molecule has 6 heteroatoms. The van der Waals surface area contributed by atoms with Gasteiger partial charge in [-0.05, 0) is 48.8 Å². The maximum Gasteiger partial charge on any atom is 0.227 e. The highest BCUT2D eigenvalue weighted by atomic mass is 16.5. The Morgan fingerprint density at radius 2 is 1.82 bits per heavy atom. The lowest BCUT2D eigenvalue weighted by atomic mass is 10.00. The third-order valence-corrected chi connectivity index (χ3v) is 4.72. The molecule has 0 saturated carbocycles. The predicted octanol–water partition coefficient (Wildman–Crippen LogP) is 3.48. The minimum Gasteiger partial charge on any atom is -0.494 e. The van der Waals surface area contributed by atoms with Crippen molar-refractivity contribution in [3.63, 3.8) is 0 Å². The molecule has 1 aliphatic heterocycles. The first-order valence-electron chi connectivity index (χ1n) is 9.75. The van der Waals surface area contributed by atoms with Gasteiger partial charge in [-0.2, -0.15) is 4.98 Å². The molecule has 1 aromatic heterocycles. The van der Waals surface area contributed by atoms with E-state index in [0.29, 0.717) is 37.5 Å². The van der Waals surface area contributed by atoms with Gasteiger partial charge in [-0.3, -0.25) is 0 Å². The smallest absolute Gasteiger partial charge is 0.227 e. The molecule has 1 saturated heterocycles. The van der Waals surface area contributed by atoms with E-state index in [1.54, 1.807) is 0 Å². The van der Waals surface area contributed by atoms with Crippen LogP contribution in [0, 0.1) is 5.92 Å². The minimum absolute atomic E-state index is 0.612. The van der Waals surface area contributed by atoms with Crippen LogP contribution in [0.1, 0.15) is 17.9 Å². The molecular formula is C22H25N3O3. The van der Waals surface area contributed by atoms with Crippen molar-refractivity contribution in [3.05, 3.63) is 66.1 Å². The summed E-state index contributed by atoms with van der Waals surface area (Å²) in [6, 6.07) is 18.0. The van der Waals surface area contributed by atoms with Gasteiger partial charge in [0.2, 0.25) is 11.7 Å². The van der Waals surface area contributed by atoms with Gasteiger partial charge in [0.1, 0.15) is 5.75 Å². The summed E-state index contributed by atoms with van der Waals surface area (Å²) >= 11 is 0. The highest BCUT2D eigenvalue weighted by Crippen LogP contribution is 2.21. The third-order valence-electron chi connectivity index (χ3n) is 4.72. The van der Waals surface area contributed by atoms with Crippen molar-refractivity contribution < 1.29 is 14.0 Å². The average Bonchev–Trinajstić information content (AvgIpc) is 3.17. The highest BCUT2D eigenvalue weighted by molar-refractivity contribution is 5.55. The summed E-state index contributed by atoms with van der Waals surface area (Å²) in [5.74, 6) is 2.78. The molecule has 1 N–H and O–H groups in total. The van der Waals surface area contributed by atoms with Crippen LogP contribution in [0.3, 0.4) is 0 Å².